The highest BCUT2D eigenvalue weighted by Gasteiger charge is 1.92. The lowest BCUT2D eigenvalue weighted by molar-refractivity contribution is 0.494. The van der Waals surface area contributed by atoms with Gasteiger partial charge in [0.05, 0.1) is 17.6 Å². The van der Waals surface area contributed by atoms with Crippen LogP contribution in [0, 0.1) is 5.92 Å². The van der Waals surface area contributed by atoms with Gasteiger partial charge in [0.15, 0.2) is 0 Å². The molecule has 0 spiro atoms. The first-order chi connectivity index (χ1) is 7.31. The minimum atomic E-state index is -4.07. The maximum Gasteiger partial charge on any atom is 0.287 e. The second kappa shape index (κ2) is 7.08. The first-order valence-electron chi connectivity index (χ1n) is 4.70. The topological polar surface area (TPSA) is 79.1 Å². The summed E-state index contributed by atoms with van der Waals surface area (Å²) in [6.45, 7) is 8.25. The zero-order valence-corrected chi connectivity index (χ0v) is 10.2. The molecule has 6 heteroatoms. The van der Waals surface area contributed by atoms with Crippen molar-refractivity contribution in [2.45, 2.75) is 13.8 Å². The van der Waals surface area contributed by atoms with Gasteiger partial charge < -0.3 is 0 Å². The molecule has 0 aliphatic carbocycles. The Balaban J connectivity index is 4.11. The Morgan fingerprint density at radius 2 is 2.06 bits per heavy atom. The van der Waals surface area contributed by atoms with Crippen LogP contribution in [0.15, 0.2) is 46.1 Å². The van der Waals surface area contributed by atoms with Crippen LogP contribution in [0.1, 0.15) is 13.8 Å². The number of hydrogen-bond acceptors (Lipinski definition) is 4. The third kappa shape index (κ3) is 10.8. The van der Waals surface area contributed by atoms with E-state index < -0.39 is 10.1 Å². The van der Waals surface area contributed by atoms with Crippen molar-refractivity contribution in [3.63, 3.8) is 0 Å². The summed E-state index contributed by atoms with van der Waals surface area (Å²) in [6.07, 6.45) is 4.08. The van der Waals surface area contributed by atoms with Crippen molar-refractivity contribution >= 4 is 10.1 Å². The molecular weight excluding hydrogens is 228 g/mol. The van der Waals surface area contributed by atoms with Gasteiger partial charge >= 0.3 is 0 Å². The fraction of sp³-hybridized carbons (Fsp3) is 0.400. The molecule has 1 N–H and O–H groups in total. The molecule has 0 saturated heterocycles. The lowest BCUT2D eigenvalue weighted by Crippen LogP contribution is -1.89. The lowest BCUT2D eigenvalue weighted by atomic mass is 10.2. The van der Waals surface area contributed by atoms with Gasteiger partial charge in [0, 0.05) is 0 Å². The van der Waals surface area contributed by atoms with Crippen molar-refractivity contribution < 1.29 is 13.0 Å². The molecule has 0 unspecified atom stereocenters. The van der Waals surface area contributed by atoms with Crippen LogP contribution in [0.25, 0.3) is 0 Å². The first-order valence-corrected chi connectivity index (χ1v) is 6.20. The van der Waals surface area contributed by atoms with Gasteiger partial charge in [-0.15, -0.1) is 0 Å². The van der Waals surface area contributed by atoms with E-state index in [9.17, 15) is 8.42 Å². The molecule has 0 atom stereocenters. The van der Waals surface area contributed by atoms with Crippen LogP contribution in [0.4, 0.5) is 0 Å². The van der Waals surface area contributed by atoms with Crippen molar-refractivity contribution in [3.8, 4) is 0 Å². The summed E-state index contributed by atoms with van der Waals surface area (Å²) in [5.74, 6) is 0.431. The Hall–Kier alpha value is -1.27. The van der Waals surface area contributed by atoms with Gasteiger partial charge in [0.2, 0.25) is 0 Å². The zero-order chi connectivity index (χ0) is 12.6. The zero-order valence-electron chi connectivity index (χ0n) is 9.37. The molecular formula is C10H16N2O3S. The summed E-state index contributed by atoms with van der Waals surface area (Å²) in [7, 11) is -4.07. The van der Waals surface area contributed by atoms with E-state index in [2.05, 4.69) is 16.8 Å². The van der Waals surface area contributed by atoms with Gasteiger partial charge in [-0.25, -0.2) is 0 Å². The smallest absolute Gasteiger partial charge is 0.282 e. The summed E-state index contributed by atoms with van der Waals surface area (Å²) < 4.78 is 29.0. The van der Waals surface area contributed by atoms with E-state index in [-0.39, 0.29) is 0 Å². The van der Waals surface area contributed by atoms with E-state index in [0.29, 0.717) is 23.6 Å². The molecule has 0 saturated carbocycles. The Bertz CT molecular complexity index is 406. The second-order valence-corrected chi connectivity index (χ2v) is 4.81. The molecule has 0 heterocycles. The predicted molar refractivity (Wildman–Crippen MR) is 63.5 cm³/mol. The van der Waals surface area contributed by atoms with Crippen LogP contribution in [0.5, 0.6) is 0 Å². The number of rotatable bonds is 6. The Labute approximate surface area is 96.0 Å². The molecule has 0 aromatic carbocycles. The molecule has 0 aromatic rings. The Morgan fingerprint density at radius 1 is 1.44 bits per heavy atom. The lowest BCUT2D eigenvalue weighted by Gasteiger charge is -1.95. The van der Waals surface area contributed by atoms with E-state index in [1.54, 1.807) is 0 Å². The van der Waals surface area contributed by atoms with Gasteiger partial charge in [-0.05, 0) is 18.1 Å². The quantitative estimate of drug-likeness (QED) is 0.443. The molecule has 16 heavy (non-hydrogen) atoms. The van der Waals surface area contributed by atoms with E-state index in [0.717, 1.165) is 0 Å². The van der Waals surface area contributed by atoms with Crippen molar-refractivity contribution in [1.29, 1.82) is 0 Å². The van der Waals surface area contributed by atoms with Crippen LogP contribution in [0.3, 0.4) is 0 Å². The molecule has 0 fully saturated rings. The Morgan fingerprint density at radius 3 is 2.56 bits per heavy atom. The average molecular weight is 244 g/mol. The SMILES string of the molecule is C=C(/C=C\C=C\S(=O)(=O)O)N=NCC(C)C. The largest absolute Gasteiger partial charge is 0.287 e. The van der Waals surface area contributed by atoms with Crippen LogP contribution in [-0.2, 0) is 10.1 Å². The highest BCUT2D eigenvalue weighted by atomic mass is 32.2. The Kier molecular flexibility index (Phi) is 6.52. The van der Waals surface area contributed by atoms with Crippen LogP contribution < -0.4 is 0 Å². The van der Waals surface area contributed by atoms with Crippen LogP contribution >= 0.6 is 0 Å². The molecule has 0 amide bonds. The summed E-state index contributed by atoms with van der Waals surface area (Å²) in [5, 5.41) is 8.35. The van der Waals surface area contributed by atoms with E-state index in [1.807, 2.05) is 13.8 Å². The minimum Gasteiger partial charge on any atom is -0.282 e. The molecule has 0 aromatic heterocycles. The number of hydrogen-bond donors (Lipinski definition) is 1. The predicted octanol–water partition coefficient (Wildman–Crippen LogP) is 2.57. The molecule has 0 radical (unpaired) electrons. The van der Waals surface area contributed by atoms with Gasteiger partial charge in [-0.1, -0.05) is 26.5 Å². The third-order valence-corrected chi connectivity index (χ3v) is 1.80. The minimum absolute atomic E-state index is 0.417. The van der Waals surface area contributed by atoms with Crippen LogP contribution in [0.2, 0.25) is 0 Å². The normalized spacial score (nSPS) is 13.5. The third-order valence-electron chi connectivity index (χ3n) is 1.30. The average Bonchev–Trinajstić information content (AvgIpc) is 2.10. The fourth-order valence-electron chi connectivity index (χ4n) is 0.640. The van der Waals surface area contributed by atoms with Gasteiger partial charge in [-0.2, -0.15) is 18.6 Å². The maximum absolute atomic E-state index is 10.3. The maximum atomic E-state index is 10.3. The van der Waals surface area contributed by atoms with Crippen molar-refractivity contribution in [2.75, 3.05) is 6.54 Å². The van der Waals surface area contributed by atoms with Gasteiger partial charge in [-0.3, -0.25) is 4.55 Å². The number of allylic oxidation sites excluding steroid dienone is 3. The molecule has 5 nitrogen and oxygen atoms in total. The standard InChI is InChI=1S/C10H16N2O3S/c1-9(2)8-11-12-10(3)6-4-5-7-16(13,14)15/h4-7,9H,3,8H2,1-2H3,(H,13,14,15)/b6-4-,7-5+,12-11?. The summed E-state index contributed by atoms with van der Waals surface area (Å²) in [6, 6.07) is 0. The summed E-state index contributed by atoms with van der Waals surface area (Å²) >= 11 is 0. The van der Waals surface area contributed by atoms with Crippen molar-refractivity contribution in [1.82, 2.24) is 0 Å². The fourth-order valence-corrected chi connectivity index (χ4v) is 0.929. The number of azo groups is 1. The first kappa shape index (κ1) is 14.7. The molecule has 0 aliphatic rings. The highest BCUT2D eigenvalue weighted by Crippen LogP contribution is 1.99. The van der Waals surface area contributed by atoms with E-state index in [1.165, 1.54) is 18.2 Å². The summed E-state index contributed by atoms with van der Waals surface area (Å²) in [5.41, 5.74) is 0.417. The van der Waals surface area contributed by atoms with Crippen molar-refractivity contribution in [3.05, 3.63) is 35.9 Å². The molecule has 0 bridgehead atoms. The van der Waals surface area contributed by atoms with Gasteiger partial charge in [0.1, 0.15) is 0 Å². The second-order valence-electron chi connectivity index (χ2n) is 3.51. The highest BCUT2D eigenvalue weighted by molar-refractivity contribution is 7.88. The number of nitrogens with zero attached hydrogens (tertiary/aromatic N) is 2. The monoisotopic (exact) mass is 244 g/mol. The molecule has 90 valence electrons. The van der Waals surface area contributed by atoms with Gasteiger partial charge in [0.25, 0.3) is 10.1 Å². The molecule has 0 rings (SSSR count). The van der Waals surface area contributed by atoms with Crippen molar-refractivity contribution in [2.24, 2.45) is 16.1 Å². The van der Waals surface area contributed by atoms with E-state index >= 15 is 0 Å². The van der Waals surface area contributed by atoms with E-state index in [4.69, 9.17) is 4.55 Å². The van der Waals surface area contributed by atoms with Crippen LogP contribution in [-0.4, -0.2) is 19.5 Å². The molecule has 0 aliphatic heterocycles. The summed E-state index contributed by atoms with van der Waals surface area (Å²) in [4.78, 5) is 0.